The van der Waals surface area contributed by atoms with Gasteiger partial charge in [-0.1, -0.05) is 0 Å². The topological polar surface area (TPSA) is 23.5 Å². The van der Waals surface area contributed by atoms with E-state index >= 15 is 0 Å². The third kappa shape index (κ3) is 2.17. The maximum atomic E-state index is 12.4. The molecule has 72 valence electrons. The molecule has 1 unspecified atom stereocenters. The number of hydrogen-bond donors (Lipinski definition) is 1. The van der Waals surface area contributed by atoms with Gasteiger partial charge in [0.25, 0.3) is 0 Å². The van der Waals surface area contributed by atoms with Gasteiger partial charge in [-0.2, -0.15) is 0 Å². The molecule has 0 aliphatic carbocycles. The van der Waals surface area contributed by atoms with Crippen molar-refractivity contribution in [2.75, 3.05) is 19.8 Å². The van der Waals surface area contributed by atoms with Gasteiger partial charge >= 0.3 is 0 Å². The Kier molecular flexibility index (Phi) is 3.07. The van der Waals surface area contributed by atoms with E-state index < -0.39 is 12.3 Å². The zero-order valence-corrected chi connectivity index (χ0v) is 7.89. The number of piperidine rings is 1. The Hall–Kier alpha value is -0.150. The molecule has 0 radical (unpaired) electrons. The number of halogens is 1. The van der Waals surface area contributed by atoms with E-state index in [1.54, 1.807) is 0 Å². The van der Waals surface area contributed by atoms with Gasteiger partial charge in [0.15, 0.2) is 0 Å². The first-order chi connectivity index (χ1) is 5.57. The van der Waals surface area contributed by atoms with Crippen LogP contribution in [-0.4, -0.2) is 41.4 Å². The minimum atomic E-state index is -1.07. The molecule has 1 saturated heterocycles. The van der Waals surface area contributed by atoms with E-state index in [1.807, 2.05) is 0 Å². The molecule has 12 heavy (non-hydrogen) atoms. The molecule has 1 atom stereocenters. The number of nitrogens with zero attached hydrogens (tertiary/aromatic N) is 1. The van der Waals surface area contributed by atoms with Crippen molar-refractivity contribution < 1.29 is 9.50 Å². The van der Waals surface area contributed by atoms with E-state index in [-0.39, 0.29) is 0 Å². The average molecular weight is 175 g/mol. The third-order valence-corrected chi connectivity index (χ3v) is 2.56. The van der Waals surface area contributed by atoms with Crippen molar-refractivity contribution in [3.05, 3.63) is 0 Å². The van der Waals surface area contributed by atoms with Crippen LogP contribution in [0.1, 0.15) is 26.7 Å². The number of rotatable bonds is 2. The van der Waals surface area contributed by atoms with Crippen LogP contribution in [0.25, 0.3) is 0 Å². The van der Waals surface area contributed by atoms with Crippen molar-refractivity contribution in [3.63, 3.8) is 0 Å². The van der Waals surface area contributed by atoms with Crippen LogP contribution < -0.4 is 0 Å². The van der Waals surface area contributed by atoms with Crippen molar-refractivity contribution >= 4 is 0 Å². The fourth-order valence-corrected chi connectivity index (χ4v) is 1.70. The van der Waals surface area contributed by atoms with Crippen molar-refractivity contribution in [3.8, 4) is 0 Å². The summed E-state index contributed by atoms with van der Waals surface area (Å²) < 4.78 is 12.4. The van der Waals surface area contributed by atoms with Gasteiger partial charge in [-0.25, -0.2) is 4.39 Å². The number of aliphatic hydroxyl groups is 1. The molecule has 0 bridgehead atoms. The van der Waals surface area contributed by atoms with Gasteiger partial charge in [-0.05, 0) is 33.2 Å². The molecular formula is C9H18FNO. The highest BCUT2D eigenvalue weighted by Crippen LogP contribution is 2.22. The second-order valence-electron chi connectivity index (χ2n) is 4.03. The lowest BCUT2D eigenvalue weighted by Crippen LogP contribution is -2.51. The average Bonchev–Trinajstić information content (AvgIpc) is 2.05. The first kappa shape index (κ1) is 9.93. The summed E-state index contributed by atoms with van der Waals surface area (Å²) in [6, 6.07) is 0.406. The molecule has 1 aliphatic heterocycles. The lowest BCUT2D eigenvalue weighted by molar-refractivity contribution is -0.0545. The Morgan fingerprint density at radius 2 is 2.25 bits per heavy atom. The molecule has 0 aromatic heterocycles. The van der Waals surface area contributed by atoms with Crippen LogP contribution >= 0.6 is 0 Å². The molecule has 0 saturated carbocycles. The van der Waals surface area contributed by atoms with Crippen LogP contribution in [0.2, 0.25) is 0 Å². The van der Waals surface area contributed by atoms with Crippen LogP contribution in [0.15, 0.2) is 0 Å². The molecular weight excluding hydrogens is 157 g/mol. The molecule has 0 aromatic carbocycles. The van der Waals surface area contributed by atoms with Crippen LogP contribution in [0.4, 0.5) is 4.39 Å². The zero-order chi connectivity index (χ0) is 9.19. The molecule has 1 aliphatic rings. The van der Waals surface area contributed by atoms with Gasteiger partial charge in [-0.3, -0.25) is 4.90 Å². The molecule has 2 nitrogen and oxygen atoms in total. The summed E-state index contributed by atoms with van der Waals surface area (Å²) in [7, 11) is 0. The summed E-state index contributed by atoms with van der Waals surface area (Å²) in [5, 5.41) is 9.68. The highest BCUT2D eigenvalue weighted by Gasteiger charge is 2.33. The second-order valence-corrected chi connectivity index (χ2v) is 4.03. The Bertz CT molecular complexity index is 151. The second kappa shape index (κ2) is 3.71. The lowest BCUT2D eigenvalue weighted by Gasteiger charge is -2.39. The highest BCUT2D eigenvalue weighted by atomic mass is 19.1. The Morgan fingerprint density at radius 1 is 1.58 bits per heavy atom. The van der Waals surface area contributed by atoms with Gasteiger partial charge in [0.2, 0.25) is 0 Å². The van der Waals surface area contributed by atoms with Gasteiger partial charge < -0.3 is 5.11 Å². The van der Waals surface area contributed by atoms with Gasteiger partial charge in [0, 0.05) is 12.6 Å². The van der Waals surface area contributed by atoms with E-state index in [0.29, 0.717) is 19.0 Å². The van der Waals surface area contributed by atoms with Crippen LogP contribution in [0.5, 0.6) is 0 Å². The fraction of sp³-hybridized carbons (Fsp3) is 1.00. The zero-order valence-electron chi connectivity index (χ0n) is 7.89. The first-order valence-electron chi connectivity index (χ1n) is 4.60. The Labute approximate surface area is 73.4 Å². The molecule has 1 rings (SSSR count). The summed E-state index contributed by atoms with van der Waals surface area (Å²) in [6.07, 6.45) is 1.51. The Balaban J connectivity index is 2.51. The molecule has 0 spiro atoms. The molecule has 1 N–H and O–H groups in total. The predicted molar refractivity (Wildman–Crippen MR) is 46.9 cm³/mol. The maximum Gasteiger partial charge on any atom is 0.119 e. The first-order valence-corrected chi connectivity index (χ1v) is 4.60. The van der Waals surface area contributed by atoms with Crippen molar-refractivity contribution in [1.29, 1.82) is 0 Å². The molecule has 0 amide bonds. The van der Waals surface area contributed by atoms with Crippen molar-refractivity contribution in [1.82, 2.24) is 4.90 Å². The van der Waals surface area contributed by atoms with Gasteiger partial charge in [0.05, 0.1) is 0 Å². The number of β-amino-alcohol motifs (C(OH)–C–C–N with tert-alkyl or cyclic N) is 1. The van der Waals surface area contributed by atoms with E-state index in [1.165, 1.54) is 0 Å². The minimum Gasteiger partial charge on any atom is -0.386 e. The summed E-state index contributed by atoms with van der Waals surface area (Å²) in [6.45, 7) is 5.01. The Morgan fingerprint density at radius 3 is 2.75 bits per heavy atom. The summed E-state index contributed by atoms with van der Waals surface area (Å²) in [5.41, 5.74) is -1.07. The molecule has 1 heterocycles. The quantitative estimate of drug-likeness (QED) is 0.681. The van der Waals surface area contributed by atoms with Gasteiger partial charge in [-0.15, -0.1) is 0 Å². The van der Waals surface area contributed by atoms with Crippen LogP contribution in [0.3, 0.4) is 0 Å². The summed E-state index contributed by atoms with van der Waals surface area (Å²) in [5.74, 6) is 0. The monoisotopic (exact) mass is 175 g/mol. The van der Waals surface area contributed by atoms with E-state index in [2.05, 4.69) is 18.7 Å². The van der Waals surface area contributed by atoms with Crippen molar-refractivity contribution in [2.24, 2.45) is 0 Å². The molecule has 3 heteroatoms. The van der Waals surface area contributed by atoms with E-state index in [4.69, 9.17) is 0 Å². The van der Waals surface area contributed by atoms with E-state index in [9.17, 15) is 9.50 Å². The van der Waals surface area contributed by atoms with E-state index in [0.717, 1.165) is 13.0 Å². The largest absolute Gasteiger partial charge is 0.386 e. The summed E-state index contributed by atoms with van der Waals surface area (Å²) >= 11 is 0. The van der Waals surface area contributed by atoms with Crippen molar-refractivity contribution in [2.45, 2.75) is 38.3 Å². The maximum absolute atomic E-state index is 12.4. The standard InChI is InChI=1S/C9H18FNO/c1-8(2)11-5-3-4-9(12,6-10)7-11/h8,12H,3-7H2,1-2H3. The fourth-order valence-electron chi connectivity index (χ4n) is 1.70. The third-order valence-electron chi connectivity index (χ3n) is 2.56. The normalized spacial score (nSPS) is 32.8. The lowest BCUT2D eigenvalue weighted by atomic mass is 9.93. The SMILES string of the molecule is CC(C)N1CCCC(O)(CF)C1. The predicted octanol–water partition coefficient (Wildman–Crippen LogP) is 1.19. The summed E-state index contributed by atoms with van der Waals surface area (Å²) in [4.78, 5) is 2.13. The molecule has 1 fully saturated rings. The smallest absolute Gasteiger partial charge is 0.119 e. The highest BCUT2D eigenvalue weighted by molar-refractivity contribution is 4.87. The number of likely N-dealkylation sites (tertiary alicyclic amines) is 1. The van der Waals surface area contributed by atoms with Crippen LogP contribution in [-0.2, 0) is 0 Å². The number of alkyl halides is 1. The minimum absolute atomic E-state index is 0.406. The molecule has 0 aromatic rings. The van der Waals surface area contributed by atoms with Gasteiger partial charge in [0.1, 0.15) is 12.3 Å². The number of hydrogen-bond acceptors (Lipinski definition) is 2. The van der Waals surface area contributed by atoms with Crippen LogP contribution in [0, 0.1) is 0 Å².